The van der Waals surface area contributed by atoms with Crippen molar-refractivity contribution in [2.24, 2.45) is 0 Å². The van der Waals surface area contributed by atoms with Gasteiger partial charge in [-0.25, -0.2) is 0 Å². The first-order valence-electron chi connectivity index (χ1n) is 11.0. The summed E-state index contributed by atoms with van der Waals surface area (Å²) in [6, 6.07) is 25.4. The van der Waals surface area contributed by atoms with Gasteiger partial charge in [-0.3, -0.25) is 9.89 Å². The lowest BCUT2D eigenvalue weighted by atomic mass is 9.95. The summed E-state index contributed by atoms with van der Waals surface area (Å²) >= 11 is 0. The van der Waals surface area contributed by atoms with E-state index in [1.54, 1.807) is 7.11 Å². The first-order valence-corrected chi connectivity index (χ1v) is 11.0. The van der Waals surface area contributed by atoms with Gasteiger partial charge in [0.1, 0.15) is 17.2 Å². The zero-order chi connectivity index (χ0) is 22.8. The number of carbonyl (C=O) groups excluding carboxylic acids is 1. The topological polar surface area (TPSA) is 67.5 Å². The van der Waals surface area contributed by atoms with Crippen LogP contribution in [-0.2, 0) is 6.54 Å². The summed E-state index contributed by atoms with van der Waals surface area (Å²) in [5.74, 6) is 1.50. The second-order valence-electron chi connectivity index (χ2n) is 7.92. The van der Waals surface area contributed by atoms with Crippen molar-refractivity contribution in [3.8, 4) is 22.8 Å². The van der Waals surface area contributed by atoms with Crippen LogP contribution in [0.2, 0.25) is 0 Å². The minimum atomic E-state index is -0.288. The molecule has 5 rings (SSSR count). The Balaban J connectivity index is 1.61. The number of amides is 1. The number of nitrogens with one attached hydrogen (secondary N) is 1. The number of nitrogens with zero attached hydrogens (tertiary/aromatic N) is 2. The number of fused-ring (bicyclic) bond motifs is 1. The number of ether oxygens (including phenoxy) is 2. The zero-order valence-electron chi connectivity index (χ0n) is 18.6. The molecule has 0 aliphatic carbocycles. The largest absolute Gasteiger partial charge is 0.497 e. The van der Waals surface area contributed by atoms with Crippen LogP contribution in [0, 0.1) is 0 Å². The molecule has 0 saturated heterocycles. The predicted octanol–water partition coefficient (Wildman–Crippen LogP) is 5.23. The van der Waals surface area contributed by atoms with Gasteiger partial charge in [-0.1, -0.05) is 54.6 Å². The van der Waals surface area contributed by atoms with E-state index in [0.29, 0.717) is 18.8 Å². The number of carbonyl (C=O) groups is 1. The number of hydrogen-bond donors (Lipinski definition) is 1. The van der Waals surface area contributed by atoms with Crippen molar-refractivity contribution in [1.29, 1.82) is 0 Å². The SMILES string of the molecule is CCOc1cccc(C2c3c(-c4ccccc4)n[nH]c3C(=O)N2Cc2ccc(OC)cc2)c1. The molecule has 0 bridgehead atoms. The molecular weight excluding hydrogens is 414 g/mol. The average Bonchev–Trinajstić information content (AvgIpc) is 3.40. The average molecular weight is 440 g/mol. The smallest absolute Gasteiger partial charge is 0.273 e. The van der Waals surface area contributed by atoms with E-state index in [-0.39, 0.29) is 11.9 Å². The normalized spacial score (nSPS) is 14.9. The Morgan fingerprint density at radius 1 is 0.970 bits per heavy atom. The van der Waals surface area contributed by atoms with Crippen LogP contribution in [-0.4, -0.2) is 34.7 Å². The molecule has 1 atom stereocenters. The molecule has 0 saturated carbocycles. The van der Waals surface area contributed by atoms with E-state index in [9.17, 15) is 4.79 Å². The highest BCUT2D eigenvalue weighted by Gasteiger charge is 2.42. The van der Waals surface area contributed by atoms with Crippen LogP contribution in [0.5, 0.6) is 11.5 Å². The van der Waals surface area contributed by atoms with E-state index in [1.807, 2.05) is 90.7 Å². The van der Waals surface area contributed by atoms with E-state index in [1.165, 1.54) is 0 Å². The number of hydrogen-bond acceptors (Lipinski definition) is 4. The van der Waals surface area contributed by atoms with Crippen molar-refractivity contribution < 1.29 is 14.3 Å². The van der Waals surface area contributed by atoms with E-state index >= 15 is 0 Å². The van der Waals surface area contributed by atoms with Crippen LogP contribution in [0.4, 0.5) is 0 Å². The lowest BCUT2D eigenvalue weighted by Crippen LogP contribution is -2.29. The molecule has 2 heterocycles. The Kier molecular flexibility index (Phi) is 5.57. The Morgan fingerprint density at radius 2 is 1.76 bits per heavy atom. The number of aromatic nitrogens is 2. The van der Waals surface area contributed by atoms with Gasteiger partial charge >= 0.3 is 0 Å². The van der Waals surface area contributed by atoms with Gasteiger partial charge in [-0.2, -0.15) is 5.10 Å². The summed E-state index contributed by atoms with van der Waals surface area (Å²) in [5, 5.41) is 7.55. The number of methoxy groups -OCH3 is 1. The van der Waals surface area contributed by atoms with Gasteiger partial charge in [0.25, 0.3) is 5.91 Å². The lowest BCUT2D eigenvalue weighted by Gasteiger charge is -2.27. The zero-order valence-corrected chi connectivity index (χ0v) is 18.6. The van der Waals surface area contributed by atoms with Crippen molar-refractivity contribution in [1.82, 2.24) is 15.1 Å². The Labute approximate surface area is 192 Å². The molecule has 0 radical (unpaired) electrons. The van der Waals surface area contributed by atoms with E-state index < -0.39 is 0 Å². The number of benzene rings is 3. The van der Waals surface area contributed by atoms with Crippen molar-refractivity contribution in [2.45, 2.75) is 19.5 Å². The van der Waals surface area contributed by atoms with E-state index in [0.717, 1.165) is 39.4 Å². The predicted molar refractivity (Wildman–Crippen MR) is 126 cm³/mol. The highest BCUT2D eigenvalue weighted by atomic mass is 16.5. The molecule has 1 unspecified atom stereocenters. The van der Waals surface area contributed by atoms with Crippen LogP contribution in [0.1, 0.15) is 40.1 Å². The molecule has 6 heteroatoms. The third-order valence-corrected chi connectivity index (χ3v) is 5.91. The fourth-order valence-corrected chi connectivity index (χ4v) is 4.39. The molecule has 1 N–H and O–H groups in total. The Morgan fingerprint density at radius 3 is 2.48 bits per heavy atom. The summed E-state index contributed by atoms with van der Waals surface area (Å²) in [5.41, 5.74) is 5.21. The molecule has 0 fully saturated rings. The van der Waals surface area contributed by atoms with Crippen LogP contribution in [0.3, 0.4) is 0 Å². The maximum atomic E-state index is 13.6. The molecule has 1 aliphatic heterocycles. The molecule has 1 aromatic heterocycles. The van der Waals surface area contributed by atoms with Crippen LogP contribution < -0.4 is 9.47 Å². The van der Waals surface area contributed by atoms with Crippen LogP contribution in [0.15, 0.2) is 78.9 Å². The number of H-pyrrole nitrogens is 1. The van der Waals surface area contributed by atoms with E-state index in [2.05, 4.69) is 10.2 Å². The maximum absolute atomic E-state index is 13.6. The van der Waals surface area contributed by atoms with Crippen molar-refractivity contribution in [3.05, 3.63) is 101 Å². The standard InChI is InChI=1S/C27H25N3O3/c1-3-33-22-11-7-10-20(16-22)26-23-24(19-8-5-4-6-9-19)28-29-25(23)27(31)30(26)17-18-12-14-21(32-2)15-13-18/h4-16,26H,3,17H2,1-2H3,(H,28,29). The highest BCUT2D eigenvalue weighted by Crippen LogP contribution is 2.44. The fraction of sp³-hybridized carbons (Fsp3) is 0.185. The van der Waals surface area contributed by atoms with Crippen LogP contribution in [0.25, 0.3) is 11.3 Å². The van der Waals surface area contributed by atoms with Gasteiger partial charge in [-0.05, 0) is 42.3 Å². The number of rotatable bonds is 7. The molecule has 1 aliphatic rings. The van der Waals surface area contributed by atoms with Crippen molar-refractivity contribution in [3.63, 3.8) is 0 Å². The molecule has 166 valence electrons. The summed E-state index contributed by atoms with van der Waals surface area (Å²) < 4.78 is 11.0. The maximum Gasteiger partial charge on any atom is 0.273 e. The first kappa shape index (κ1) is 20.8. The van der Waals surface area contributed by atoms with Gasteiger partial charge in [0, 0.05) is 17.7 Å². The fourth-order valence-electron chi connectivity index (χ4n) is 4.39. The molecular formula is C27H25N3O3. The van der Waals surface area contributed by atoms with Gasteiger partial charge in [0.05, 0.1) is 25.5 Å². The second kappa shape index (κ2) is 8.82. The molecule has 1 amide bonds. The summed E-state index contributed by atoms with van der Waals surface area (Å²) in [7, 11) is 1.64. The summed E-state index contributed by atoms with van der Waals surface area (Å²) in [6.45, 7) is 3.00. The van der Waals surface area contributed by atoms with Gasteiger partial charge < -0.3 is 14.4 Å². The lowest BCUT2D eigenvalue weighted by molar-refractivity contribution is 0.0730. The van der Waals surface area contributed by atoms with Gasteiger partial charge in [0.15, 0.2) is 0 Å². The molecule has 4 aromatic rings. The number of aromatic amines is 1. The molecule has 3 aromatic carbocycles. The minimum absolute atomic E-state index is 0.0673. The molecule has 6 nitrogen and oxygen atoms in total. The Hall–Kier alpha value is -4.06. The molecule has 33 heavy (non-hydrogen) atoms. The summed E-state index contributed by atoms with van der Waals surface area (Å²) in [6.07, 6.45) is 0. The molecule has 0 spiro atoms. The third-order valence-electron chi connectivity index (χ3n) is 5.91. The van der Waals surface area contributed by atoms with Crippen molar-refractivity contribution in [2.75, 3.05) is 13.7 Å². The van der Waals surface area contributed by atoms with Gasteiger partial charge in [0.2, 0.25) is 0 Å². The monoisotopic (exact) mass is 439 g/mol. The quantitative estimate of drug-likeness (QED) is 0.428. The Bertz CT molecular complexity index is 1270. The minimum Gasteiger partial charge on any atom is -0.497 e. The van der Waals surface area contributed by atoms with Gasteiger partial charge in [-0.15, -0.1) is 0 Å². The van der Waals surface area contributed by atoms with Crippen molar-refractivity contribution >= 4 is 5.91 Å². The first-order chi connectivity index (χ1) is 16.2. The van der Waals surface area contributed by atoms with Crippen LogP contribution >= 0.6 is 0 Å². The second-order valence-corrected chi connectivity index (χ2v) is 7.92. The van der Waals surface area contributed by atoms with E-state index in [4.69, 9.17) is 9.47 Å². The third kappa shape index (κ3) is 3.84. The summed E-state index contributed by atoms with van der Waals surface area (Å²) in [4.78, 5) is 15.5. The highest BCUT2D eigenvalue weighted by molar-refractivity contribution is 6.00.